The predicted molar refractivity (Wildman–Crippen MR) is 542 cm³/mol. The fraction of sp³-hybridized carbons (Fsp3) is 0.315. The second-order valence-electron chi connectivity index (χ2n) is 35.6. The van der Waals surface area contributed by atoms with Gasteiger partial charge in [-0.3, -0.25) is 39.2 Å². The van der Waals surface area contributed by atoms with Gasteiger partial charge in [0.2, 0.25) is 5.95 Å². The summed E-state index contributed by atoms with van der Waals surface area (Å²) in [5.74, 6) is -1.32. The first kappa shape index (κ1) is 102. The fourth-order valence-corrected chi connectivity index (χ4v) is 18.1. The second kappa shape index (κ2) is 46.2. The molecule has 1 saturated carbocycles. The van der Waals surface area contributed by atoms with Crippen molar-refractivity contribution in [2.45, 2.75) is 154 Å². The fourth-order valence-electron chi connectivity index (χ4n) is 17.6. The molecule has 0 unspecified atom stereocenters. The van der Waals surface area contributed by atoms with E-state index in [1.165, 1.54) is 96.6 Å². The minimum atomic E-state index is -0.443. The summed E-state index contributed by atoms with van der Waals surface area (Å²) >= 11 is 7.25. The topological polar surface area (TPSA) is 325 Å². The molecule has 1 aliphatic carbocycles. The van der Waals surface area contributed by atoms with Crippen LogP contribution >= 0.6 is 23.4 Å². The molecule has 0 spiro atoms. The molecular weight excluding hydrogens is 1930 g/mol. The number of ether oxygens (including phenoxy) is 7. The molecule has 7 saturated heterocycles. The van der Waals surface area contributed by atoms with Gasteiger partial charge in [-0.1, -0.05) is 77.0 Å². The Balaban J connectivity index is 0.000000120. The van der Waals surface area contributed by atoms with E-state index in [0.29, 0.717) is 176 Å². The highest BCUT2D eigenvalue weighted by Crippen LogP contribution is 2.42. The van der Waals surface area contributed by atoms with Gasteiger partial charge in [0.25, 0.3) is 5.91 Å². The number of nitrogens with one attached hydrogen (secondary N) is 2. The number of H-pyrrole nitrogens is 1. The lowest BCUT2D eigenvalue weighted by atomic mass is 9.99. The van der Waals surface area contributed by atoms with Crippen molar-refractivity contribution in [3.63, 3.8) is 0 Å². The molecule has 0 radical (unpaired) electrons. The van der Waals surface area contributed by atoms with Crippen LogP contribution in [-0.4, -0.2) is 191 Å². The number of carbonyl (C=O) groups is 7. The molecule has 6 aromatic heterocycles. The van der Waals surface area contributed by atoms with E-state index < -0.39 is 59.8 Å². The number of rotatable bonds is 21. The van der Waals surface area contributed by atoms with Crippen molar-refractivity contribution in [2.75, 3.05) is 106 Å². The molecule has 7 aromatic carbocycles. The van der Waals surface area contributed by atoms with Crippen molar-refractivity contribution in [1.82, 2.24) is 45.2 Å². The lowest BCUT2D eigenvalue weighted by molar-refractivity contribution is 0.0964. The Morgan fingerprint density at radius 1 is 0.370 bits per heavy atom. The molecule has 8 fully saturated rings. The number of thioether (sulfide) groups is 1. The van der Waals surface area contributed by atoms with Crippen LogP contribution in [0, 0.1) is 34.9 Å². The largest absolute Gasteiger partial charge is 0.444 e. The van der Waals surface area contributed by atoms with Crippen LogP contribution in [0.3, 0.4) is 0 Å². The summed E-state index contributed by atoms with van der Waals surface area (Å²) in [5, 5.41) is 4.54. The van der Waals surface area contributed by atoms with Gasteiger partial charge in [-0.15, -0.1) is 0 Å². The average molecular weight is 2030 g/mol. The number of halogens is 7. The zero-order valence-electron chi connectivity index (χ0n) is 80.9. The van der Waals surface area contributed by atoms with Crippen LogP contribution in [0.25, 0.3) is 77.8 Å². The summed E-state index contributed by atoms with van der Waals surface area (Å²) in [7, 11) is 0. The van der Waals surface area contributed by atoms with Gasteiger partial charge in [-0.2, -0.15) is 0 Å². The van der Waals surface area contributed by atoms with Gasteiger partial charge in [0.05, 0.1) is 80.0 Å². The first-order chi connectivity index (χ1) is 70.7. The molecule has 7 amide bonds. The quantitative estimate of drug-likeness (QED) is 0.0222. The molecular formula is C108H105ClF6N16O14S. The van der Waals surface area contributed by atoms with Crippen molar-refractivity contribution in [3.8, 4) is 66.8 Å². The molecule has 14 heterocycles. The molecule has 8 aliphatic heterocycles. The van der Waals surface area contributed by atoms with Crippen molar-refractivity contribution in [2.24, 2.45) is 0 Å². The molecule has 9 aliphatic rings. The Kier molecular flexibility index (Phi) is 32.4. The molecule has 22 rings (SSSR count). The first-order valence-electron chi connectivity index (χ1n) is 48.3. The van der Waals surface area contributed by atoms with Crippen molar-refractivity contribution >= 4 is 117 Å². The summed E-state index contributed by atoms with van der Waals surface area (Å²) in [6, 6.07) is 44.6. The highest BCUT2D eigenvalue weighted by atomic mass is 35.5. The Labute approximate surface area is 847 Å². The Hall–Kier alpha value is -15.2. The molecule has 756 valence electrons. The van der Waals surface area contributed by atoms with E-state index in [-0.39, 0.29) is 54.2 Å². The average Bonchev–Trinajstić information content (AvgIpc) is 1.71. The molecule has 2 N–H and O–H groups in total. The normalized spacial score (nSPS) is 18.8. The molecule has 13 aromatic rings. The predicted octanol–water partition coefficient (Wildman–Crippen LogP) is 23.3. The number of aromatic amines is 1. The van der Waals surface area contributed by atoms with E-state index in [0.717, 1.165) is 92.4 Å². The maximum Gasteiger partial charge on any atom is 0.414 e. The van der Waals surface area contributed by atoms with E-state index in [4.69, 9.17) is 44.8 Å². The van der Waals surface area contributed by atoms with Crippen LogP contribution in [0.5, 0.6) is 0 Å². The molecule has 30 nitrogen and oxygen atoms in total. The number of cyclic esters (lactones) is 6. The summed E-state index contributed by atoms with van der Waals surface area (Å²) in [4.78, 5) is 126. The maximum atomic E-state index is 14.7. The van der Waals surface area contributed by atoms with E-state index in [9.17, 15) is 59.9 Å². The number of anilines is 7. The van der Waals surface area contributed by atoms with Crippen LogP contribution in [0.1, 0.15) is 127 Å². The first-order valence-corrected chi connectivity index (χ1v) is 49.9. The Bertz CT molecular complexity index is 6980. The van der Waals surface area contributed by atoms with Gasteiger partial charge in [0.1, 0.15) is 82.3 Å². The van der Waals surface area contributed by atoms with Gasteiger partial charge < -0.3 is 48.4 Å². The third-order valence-corrected chi connectivity index (χ3v) is 26.9. The van der Waals surface area contributed by atoms with Crippen LogP contribution < -0.4 is 39.6 Å². The maximum absolute atomic E-state index is 14.7. The highest BCUT2D eigenvalue weighted by Gasteiger charge is 2.39. The van der Waals surface area contributed by atoms with Crippen LogP contribution in [-0.2, 0) is 39.7 Å². The van der Waals surface area contributed by atoms with E-state index >= 15 is 0 Å². The standard InChI is InChI=1S/C20H23FN4O3.C19H17FN2O3.C19H19FN2O2.C18H16FN3O2.C16H14ClFN2O2.C16H16FN3O2S/c1-2-16-13-25(20(26)28-16)15-4-5-17(18(21)10-15)14-11-22-19(23-12-14)24-6-3-8-27-9-7-24;1-2-14-10-22(19(24)25-14)13-4-6-15(17(20)8-13)11-3-5-16-12(7-11)9-21-18(16)23;1-2-15-11-22(19(23)24-15)14-6-7-16(17(20)9-14)13-5-8-18(21-10-13)12-3-4-12;1-2-12-10-22(18(23)24-12)11-3-4-14(16(19)9-11)13-5-7-20-17-15(13)6-8-21-17;1-2-12-9-20(16(21)22-12)11-3-4-13(14(18)8-11)10-5-6-19-15(17)7-10;1-3-12-9-20(16(21)22-12)11-4-5-13(14(17)6-11)10-7-18-15(23-2)19-8-10/h4-5,10-12,16H,2-3,6-9,13H2,1H3;3-8,14H,2,9-10H2,1H3,(H,21,23);5-10,12,15H,2-4,11H2,1H3;3-9,12H,2,10H2,1H3,(H,20,21);3-8,12H,2,9H2,1H3;4-8,12H,3,9H2,1-2H3/t16-;14-;15-;3*12-/m000000/s1. The summed E-state index contributed by atoms with van der Waals surface area (Å²) < 4.78 is 124. The number of hydrogen-bond donors (Lipinski definition) is 2. The third kappa shape index (κ3) is 23.5. The second-order valence-corrected chi connectivity index (χ2v) is 36.7. The van der Waals surface area contributed by atoms with Gasteiger partial charge in [-0.05, 0) is 238 Å². The molecule has 6 atom stereocenters. The van der Waals surface area contributed by atoms with E-state index in [1.807, 2.05) is 72.1 Å². The molecule has 146 heavy (non-hydrogen) atoms. The number of pyridine rings is 3. The number of benzene rings is 7. The molecule has 0 bridgehead atoms. The Morgan fingerprint density at radius 2 is 0.740 bits per heavy atom. The summed E-state index contributed by atoms with van der Waals surface area (Å²) in [6.45, 7) is 17.8. The van der Waals surface area contributed by atoms with Crippen molar-refractivity contribution in [3.05, 3.63) is 270 Å². The lowest BCUT2D eigenvalue weighted by Crippen LogP contribution is -2.27. The van der Waals surface area contributed by atoms with Gasteiger partial charge in [-0.25, -0.2) is 85.0 Å². The van der Waals surface area contributed by atoms with Gasteiger partial charge in [0.15, 0.2) is 5.16 Å². The van der Waals surface area contributed by atoms with Crippen molar-refractivity contribution in [1.29, 1.82) is 0 Å². The Morgan fingerprint density at radius 3 is 1.12 bits per heavy atom. The monoisotopic (exact) mass is 2030 g/mol. The zero-order chi connectivity index (χ0) is 103. The third-order valence-electron chi connectivity index (χ3n) is 26.1. The minimum Gasteiger partial charge on any atom is -0.444 e. The number of hydrogen-bond acceptors (Lipinski definition) is 23. The zero-order valence-corrected chi connectivity index (χ0v) is 82.5. The van der Waals surface area contributed by atoms with E-state index in [1.54, 1.807) is 147 Å². The van der Waals surface area contributed by atoms with Crippen LogP contribution in [0.15, 0.2) is 219 Å². The summed E-state index contributed by atoms with van der Waals surface area (Å²) in [5.41, 5.74) is 13.0. The molecule has 38 heteroatoms. The summed E-state index contributed by atoms with van der Waals surface area (Å²) in [6.07, 6.45) is 19.3. The minimum absolute atomic E-state index is 0.101. The smallest absolute Gasteiger partial charge is 0.414 e. The SMILES string of the molecule is CC[C@H]1CN(c2ccc(-c3ccc(C4CC4)nc3)c(F)c2)C(=O)O1.CC[C@H]1CN(c2ccc(-c3ccc4c(c3)CNC4=O)c(F)c2)C(=O)O1.CC[C@H]1CN(c2ccc(-c3ccnc(Cl)c3)c(F)c2)C(=O)O1.CC[C@H]1CN(c2ccc(-c3ccnc4[nH]ccc34)c(F)c2)C(=O)O1.CC[C@H]1CN(c2ccc(-c3cnc(N4CCCOCC4)nc3)c(F)c2)C(=O)O1.CC[C@H]1CN(c2ccc(-c3cnc(SC)nc3)c(F)c2)C(=O)O1. The number of fused-ring (bicyclic) bond motifs is 2. The number of carbonyl (C=O) groups excluding carboxylic acids is 7. The lowest BCUT2D eigenvalue weighted by Gasteiger charge is -2.19. The number of aromatic nitrogens is 8. The highest BCUT2D eigenvalue weighted by molar-refractivity contribution is 7.98. The van der Waals surface area contributed by atoms with Crippen LogP contribution in [0.2, 0.25) is 5.15 Å². The van der Waals surface area contributed by atoms with E-state index in [2.05, 4.69) is 50.1 Å². The number of nitrogens with zero attached hydrogens (tertiary/aromatic N) is 14. The van der Waals surface area contributed by atoms with Crippen LogP contribution in [0.4, 0.5) is 95.2 Å². The van der Waals surface area contributed by atoms with Gasteiger partial charge in [0, 0.05) is 148 Å². The van der Waals surface area contributed by atoms with Crippen molar-refractivity contribution < 1.29 is 93.1 Å². The van der Waals surface area contributed by atoms with Gasteiger partial charge >= 0.3 is 36.6 Å². The number of amides is 7.